The number of aromatic nitrogens is 2. The second-order valence-electron chi connectivity index (χ2n) is 4.05. The normalized spacial score (nSPS) is 11.8. The van der Waals surface area contributed by atoms with Crippen LogP contribution in [0.1, 0.15) is 12.5 Å². The smallest absolute Gasteiger partial charge is 0.143 e. The molecule has 0 saturated carbocycles. The van der Waals surface area contributed by atoms with Crippen LogP contribution in [-0.4, -0.2) is 15.8 Å². The molecule has 1 atom stereocenters. The summed E-state index contributed by atoms with van der Waals surface area (Å²) in [5, 5.41) is 16.1. The molecular formula is C13H13FN4. The Morgan fingerprint density at radius 1 is 1.50 bits per heavy atom. The molecule has 1 heterocycles. The van der Waals surface area contributed by atoms with Crippen LogP contribution in [0.3, 0.4) is 0 Å². The van der Waals surface area contributed by atoms with Crippen LogP contribution < -0.4 is 5.32 Å². The minimum atomic E-state index is -0.506. The SMILES string of the molecule is CC(Cn1cccn1)Nc1cccc(F)c1C#N. The Morgan fingerprint density at radius 3 is 3.00 bits per heavy atom. The standard InChI is InChI=1S/C13H13FN4/c1-10(9-18-7-3-6-16-18)17-13-5-2-4-12(14)11(13)8-15/h2-7,10,17H,9H2,1H3. The summed E-state index contributed by atoms with van der Waals surface area (Å²) in [6.07, 6.45) is 3.56. The van der Waals surface area contributed by atoms with E-state index in [9.17, 15) is 4.39 Å². The molecule has 0 amide bonds. The van der Waals surface area contributed by atoms with E-state index in [2.05, 4.69) is 10.4 Å². The zero-order chi connectivity index (χ0) is 13.0. The summed E-state index contributed by atoms with van der Waals surface area (Å²) in [5.41, 5.74) is 0.557. The first-order chi connectivity index (χ1) is 8.70. The van der Waals surface area contributed by atoms with Gasteiger partial charge in [0.25, 0.3) is 0 Å². The summed E-state index contributed by atoms with van der Waals surface area (Å²) in [5.74, 6) is -0.506. The van der Waals surface area contributed by atoms with Crippen molar-refractivity contribution in [3.8, 4) is 6.07 Å². The first-order valence-electron chi connectivity index (χ1n) is 5.63. The van der Waals surface area contributed by atoms with Gasteiger partial charge < -0.3 is 5.32 Å². The highest BCUT2D eigenvalue weighted by molar-refractivity contribution is 5.58. The predicted molar refractivity (Wildman–Crippen MR) is 66.4 cm³/mol. The van der Waals surface area contributed by atoms with Crippen molar-refractivity contribution >= 4 is 5.69 Å². The molecule has 1 aromatic carbocycles. The van der Waals surface area contributed by atoms with E-state index in [1.54, 1.807) is 23.0 Å². The molecule has 0 fully saturated rings. The zero-order valence-electron chi connectivity index (χ0n) is 9.97. The molecule has 0 aliphatic heterocycles. The van der Waals surface area contributed by atoms with E-state index in [1.165, 1.54) is 6.07 Å². The third-order valence-electron chi connectivity index (χ3n) is 2.55. The maximum Gasteiger partial charge on any atom is 0.143 e. The second-order valence-corrected chi connectivity index (χ2v) is 4.05. The highest BCUT2D eigenvalue weighted by Gasteiger charge is 2.10. The molecule has 0 radical (unpaired) electrons. The molecule has 18 heavy (non-hydrogen) atoms. The van der Waals surface area contributed by atoms with Gasteiger partial charge in [-0.25, -0.2) is 4.39 Å². The van der Waals surface area contributed by atoms with E-state index in [1.807, 2.05) is 25.3 Å². The lowest BCUT2D eigenvalue weighted by Gasteiger charge is -2.16. The Labute approximate surface area is 105 Å². The largest absolute Gasteiger partial charge is 0.380 e. The Kier molecular flexibility index (Phi) is 3.58. The highest BCUT2D eigenvalue weighted by atomic mass is 19.1. The quantitative estimate of drug-likeness (QED) is 0.898. The molecule has 1 aromatic heterocycles. The highest BCUT2D eigenvalue weighted by Crippen LogP contribution is 2.18. The van der Waals surface area contributed by atoms with E-state index in [4.69, 9.17) is 5.26 Å². The Balaban J connectivity index is 2.10. The topological polar surface area (TPSA) is 53.6 Å². The molecule has 0 aliphatic carbocycles. The molecule has 2 rings (SSSR count). The average Bonchev–Trinajstić information content (AvgIpc) is 2.82. The number of nitriles is 1. The van der Waals surface area contributed by atoms with Crippen molar-refractivity contribution in [3.05, 3.63) is 48.0 Å². The Morgan fingerprint density at radius 2 is 2.33 bits per heavy atom. The van der Waals surface area contributed by atoms with Crippen LogP contribution in [0, 0.1) is 17.1 Å². The summed E-state index contributed by atoms with van der Waals surface area (Å²) in [4.78, 5) is 0. The molecule has 0 spiro atoms. The van der Waals surface area contributed by atoms with Gasteiger partial charge in [-0.05, 0) is 25.1 Å². The maximum atomic E-state index is 13.4. The molecule has 1 unspecified atom stereocenters. The van der Waals surface area contributed by atoms with E-state index in [-0.39, 0.29) is 11.6 Å². The minimum Gasteiger partial charge on any atom is -0.380 e. The molecule has 0 bridgehead atoms. The van der Waals surface area contributed by atoms with Crippen molar-refractivity contribution in [2.24, 2.45) is 0 Å². The van der Waals surface area contributed by atoms with E-state index in [0.29, 0.717) is 12.2 Å². The minimum absolute atomic E-state index is 0.0406. The number of rotatable bonds is 4. The van der Waals surface area contributed by atoms with Gasteiger partial charge in [-0.2, -0.15) is 10.4 Å². The van der Waals surface area contributed by atoms with Gasteiger partial charge in [-0.1, -0.05) is 6.07 Å². The number of benzene rings is 1. The number of hydrogen-bond acceptors (Lipinski definition) is 3. The third-order valence-corrected chi connectivity index (χ3v) is 2.55. The van der Waals surface area contributed by atoms with Crippen molar-refractivity contribution in [2.75, 3.05) is 5.32 Å². The summed E-state index contributed by atoms with van der Waals surface area (Å²) < 4.78 is 15.2. The molecular weight excluding hydrogens is 231 g/mol. The lowest BCUT2D eigenvalue weighted by Crippen LogP contribution is -2.22. The van der Waals surface area contributed by atoms with Gasteiger partial charge in [0.2, 0.25) is 0 Å². The van der Waals surface area contributed by atoms with Crippen LogP contribution >= 0.6 is 0 Å². The van der Waals surface area contributed by atoms with Crippen molar-refractivity contribution in [3.63, 3.8) is 0 Å². The third kappa shape index (κ3) is 2.66. The summed E-state index contributed by atoms with van der Waals surface area (Å²) in [6, 6.07) is 8.31. The van der Waals surface area contributed by atoms with Gasteiger partial charge in [0, 0.05) is 18.4 Å². The number of nitrogens with one attached hydrogen (secondary N) is 1. The molecule has 0 saturated heterocycles. The van der Waals surface area contributed by atoms with Gasteiger partial charge >= 0.3 is 0 Å². The van der Waals surface area contributed by atoms with Crippen LogP contribution in [0.2, 0.25) is 0 Å². The first-order valence-corrected chi connectivity index (χ1v) is 5.63. The van der Waals surface area contributed by atoms with Gasteiger partial charge in [0.05, 0.1) is 12.2 Å². The average molecular weight is 244 g/mol. The van der Waals surface area contributed by atoms with Gasteiger partial charge in [-0.3, -0.25) is 4.68 Å². The molecule has 4 nitrogen and oxygen atoms in total. The van der Waals surface area contributed by atoms with Gasteiger partial charge in [0.1, 0.15) is 17.4 Å². The molecule has 0 aliphatic rings. The Bertz CT molecular complexity index is 557. The monoisotopic (exact) mass is 244 g/mol. The first kappa shape index (κ1) is 12.1. The van der Waals surface area contributed by atoms with E-state index < -0.39 is 5.82 Å². The van der Waals surface area contributed by atoms with Crippen LogP contribution in [0.15, 0.2) is 36.7 Å². The predicted octanol–water partition coefficient (Wildman–Crippen LogP) is 2.39. The summed E-state index contributed by atoms with van der Waals surface area (Å²) >= 11 is 0. The van der Waals surface area contributed by atoms with Crippen molar-refractivity contribution in [2.45, 2.75) is 19.5 Å². The zero-order valence-corrected chi connectivity index (χ0v) is 9.97. The maximum absolute atomic E-state index is 13.4. The number of nitrogens with zero attached hydrogens (tertiary/aromatic N) is 3. The number of hydrogen-bond donors (Lipinski definition) is 1. The summed E-state index contributed by atoms with van der Waals surface area (Å²) in [7, 11) is 0. The molecule has 2 aromatic rings. The van der Waals surface area contributed by atoms with E-state index in [0.717, 1.165) is 0 Å². The Hall–Kier alpha value is -2.35. The lowest BCUT2D eigenvalue weighted by atomic mass is 10.1. The molecule has 5 heteroatoms. The van der Waals surface area contributed by atoms with E-state index >= 15 is 0 Å². The second kappa shape index (κ2) is 5.32. The van der Waals surface area contributed by atoms with Gasteiger partial charge in [-0.15, -0.1) is 0 Å². The van der Waals surface area contributed by atoms with Crippen LogP contribution in [0.4, 0.5) is 10.1 Å². The van der Waals surface area contributed by atoms with Gasteiger partial charge in [0.15, 0.2) is 0 Å². The molecule has 92 valence electrons. The van der Waals surface area contributed by atoms with Crippen LogP contribution in [0.25, 0.3) is 0 Å². The lowest BCUT2D eigenvalue weighted by molar-refractivity contribution is 0.560. The molecule has 1 N–H and O–H groups in total. The van der Waals surface area contributed by atoms with Crippen LogP contribution in [-0.2, 0) is 6.54 Å². The fraction of sp³-hybridized carbons (Fsp3) is 0.231. The fourth-order valence-electron chi connectivity index (χ4n) is 1.76. The van der Waals surface area contributed by atoms with Crippen molar-refractivity contribution in [1.29, 1.82) is 5.26 Å². The number of halogens is 1. The number of anilines is 1. The fourth-order valence-corrected chi connectivity index (χ4v) is 1.76. The summed E-state index contributed by atoms with van der Waals surface area (Å²) in [6.45, 7) is 2.60. The van der Waals surface area contributed by atoms with Crippen molar-refractivity contribution < 1.29 is 4.39 Å². The van der Waals surface area contributed by atoms with Crippen LogP contribution in [0.5, 0.6) is 0 Å². The van der Waals surface area contributed by atoms with Crippen molar-refractivity contribution in [1.82, 2.24) is 9.78 Å².